The Morgan fingerprint density at radius 2 is 1.96 bits per heavy atom. The Morgan fingerprint density at radius 1 is 1.16 bits per heavy atom. The lowest BCUT2D eigenvalue weighted by atomic mass is 9.94. The van der Waals surface area contributed by atoms with Crippen LogP contribution in [0, 0.1) is 0 Å². The summed E-state index contributed by atoms with van der Waals surface area (Å²) in [4.78, 5) is 14.4. The standard InChI is InChI=1S/C20H27NO4/c22-19(23-14-16-8-3-1-4-9-16)21-13-7-10-17(21)18-15-24-20(25-18)11-5-2-6-12-20/h1,3-4,8-9,17-18H,2,5-7,10-15H2/t17-,18-/m1/s1. The van der Waals surface area contributed by atoms with Gasteiger partial charge in [0, 0.05) is 19.4 Å². The number of nitrogens with zero attached hydrogens (tertiary/aromatic N) is 1. The summed E-state index contributed by atoms with van der Waals surface area (Å²) in [7, 11) is 0. The first-order valence-corrected chi connectivity index (χ1v) is 9.55. The highest BCUT2D eigenvalue weighted by Gasteiger charge is 2.47. The van der Waals surface area contributed by atoms with Gasteiger partial charge in [0.05, 0.1) is 12.6 Å². The van der Waals surface area contributed by atoms with Crippen LogP contribution in [0.2, 0.25) is 0 Å². The van der Waals surface area contributed by atoms with Crippen LogP contribution >= 0.6 is 0 Å². The zero-order valence-electron chi connectivity index (χ0n) is 14.7. The normalized spacial score (nSPS) is 28.4. The molecule has 1 saturated carbocycles. The van der Waals surface area contributed by atoms with E-state index in [1.165, 1.54) is 19.3 Å². The molecule has 2 atom stereocenters. The average molecular weight is 345 g/mol. The minimum Gasteiger partial charge on any atom is -0.445 e. The minimum atomic E-state index is -0.384. The first-order chi connectivity index (χ1) is 12.3. The van der Waals surface area contributed by atoms with Crippen molar-refractivity contribution in [3.8, 4) is 0 Å². The summed E-state index contributed by atoms with van der Waals surface area (Å²) in [5.41, 5.74) is 1.01. The van der Waals surface area contributed by atoms with Crippen LogP contribution in [0.4, 0.5) is 4.79 Å². The van der Waals surface area contributed by atoms with Crippen molar-refractivity contribution in [2.24, 2.45) is 0 Å². The van der Waals surface area contributed by atoms with Gasteiger partial charge in [0.2, 0.25) is 0 Å². The third kappa shape index (κ3) is 3.67. The summed E-state index contributed by atoms with van der Waals surface area (Å²) >= 11 is 0. The van der Waals surface area contributed by atoms with Crippen LogP contribution in [-0.2, 0) is 20.8 Å². The molecule has 1 spiro atoms. The van der Waals surface area contributed by atoms with Crippen LogP contribution in [0.5, 0.6) is 0 Å². The molecule has 25 heavy (non-hydrogen) atoms. The SMILES string of the molecule is O=C(OCc1ccccc1)N1CCC[C@@H]1[C@H]1COC2(CCCCC2)O1. The smallest absolute Gasteiger partial charge is 0.410 e. The molecule has 3 fully saturated rings. The molecule has 5 heteroatoms. The van der Waals surface area contributed by atoms with Gasteiger partial charge in [-0.15, -0.1) is 0 Å². The zero-order chi connectivity index (χ0) is 17.1. The van der Waals surface area contributed by atoms with Crippen molar-refractivity contribution in [2.45, 2.75) is 69.5 Å². The molecule has 0 unspecified atom stereocenters. The summed E-state index contributed by atoms with van der Waals surface area (Å²) in [6.45, 7) is 1.65. The molecule has 0 radical (unpaired) electrons. The number of rotatable bonds is 3. The molecule has 2 aliphatic heterocycles. The molecular weight excluding hydrogens is 318 g/mol. The highest BCUT2D eigenvalue weighted by atomic mass is 16.7. The maximum Gasteiger partial charge on any atom is 0.410 e. The maximum atomic E-state index is 12.6. The molecule has 0 aromatic heterocycles. The van der Waals surface area contributed by atoms with E-state index >= 15 is 0 Å². The molecule has 136 valence electrons. The lowest BCUT2D eigenvalue weighted by Gasteiger charge is -2.33. The summed E-state index contributed by atoms with van der Waals surface area (Å²) in [5, 5.41) is 0. The molecule has 2 saturated heterocycles. The maximum absolute atomic E-state index is 12.6. The quantitative estimate of drug-likeness (QED) is 0.834. The zero-order valence-corrected chi connectivity index (χ0v) is 14.7. The van der Waals surface area contributed by atoms with Crippen LogP contribution in [-0.4, -0.2) is 42.1 Å². The van der Waals surface area contributed by atoms with Crippen molar-refractivity contribution in [3.05, 3.63) is 35.9 Å². The van der Waals surface area contributed by atoms with E-state index in [0.717, 1.165) is 37.8 Å². The Bertz CT molecular complexity index is 585. The van der Waals surface area contributed by atoms with Gasteiger partial charge in [0.15, 0.2) is 5.79 Å². The lowest BCUT2D eigenvalue weighted by Crippen LogP contribution is -2.45. The number of carbonyl (C=O) groups is 1. The van der Waals surface area contributed by atoms with Crippen molar-refractivity contribution >= 4 is 6.09 Å². The molecule has 4 rings (SSSR count). The number of ether oxygens (including phenoxy) is 3. The first kappa shape index (κ1) is 16.9. The van der Waals surface area contributed by atoms with Crippen molar-refractivity contribution in [3.63, 3.8) is 0 Å². The molecule has 1 amide bonds. The van der Waals surface area contributed by atoms with Crippen LogP contribution in [0.25, 0.3) is 0 Å². The number of benzene rings is 1. The van der Waals surface area contributed by atoms with E-state index in [0.29, 0.717) is 13.2 Å². The summed E-state index contributed by atoms with van der Waals surface area (Å²) < 4.78 is 17.9. The van der Waals surface area contributed by atoms with Crippen LogP contribution in [0.15, 0.2) is 30.3 Å². The van der Waals surface area contributed by atoms with Gasteiger partial charge in [0.1, 0.15) is 12.7 Å². The average Bonchev–Trinajstić information content (AvgIpc) is 3.29. The van der Waals surface area contributed by atoms with Gasteiger partial charge in [-0.05, 0) is 31.2 Å². The van der Waals surface area contributed by atoms with E-state index in [2.05, 4.69) is 0 Å². The first-order valence-electron chi connectivity index (χ1n) is 9.55. The van der Waals surface area contributed by atoms with Crippen LogP contribution in [0.3, 0.4) is 0 Å². The molecule has 0 bridgehead atoms. The van der Waals surface area contributed by atoms with Crippen LogP contribution < -0.4 is 0 Å². The number of carbonyl (C=O) groups excluding carboxylic acids is 1. The van der Waals surface area contributed by atoms with E-state index in [9.17, 15) is 4.79 Å². The number of hydrogen-bond acceptors (Lipinski definition) is 4. The molecule has 1 aromatic carbocycles. The van der Waals surface area contributed by atoms with Gasteiger partial charge >= 0.3 is 6.09 Å². The molecule has 5 nitrogen and oxygen atoms in total. The van der Waals surface area contributed by atoms with E-state index in [-0.39, 0.29) is 24.0 Å². The fraction of sp³-hybridized carbons (Fsp3) is 0.650. The predicted molar refractivity (Wildman–Crippen MR) is 93.0 cm³/mol. The van der Waals surface area contributed by atoms with E-state index in [4.69, 9.17) is 14.2 Å². The Hall–Kier alpha value is -1.59. The third-order valence-corrected chi connectivity index (χ3v) is 5.66. The highest BCUT2D eigenvalue weighted by molar-refractivity contribution is 5.68. The Labute approximate surface area is 149 Å². The molecular formula is C20H27NO4. The van der Waals surface area contributed by atoms with Crippen molar-refractivity contribution in [2.75, 3.05) is 13.2 Å². The topological polar surface area (TPSA) is 48.0 Å². The van der Waals surface area contributed by atoms with E-state index in [1.807, 2.05) is 35.2 Å². The van der Waals surface area contributed by atoms with Gasteiger partial charge < -0.3 is 19.1 Å². The van der Waals surface area contributed by atoms with Gasteiger partial charge in [-0.1, -0.05) is 36.8 Å². The fourth-order valence-electron chi connectivity index (χ4n) is 4.33. The predicted octanol–water partition coefficient (Wildman–Crippen LogP) is 3.86. The monoisotopic (exact) mass is 345 g/mol. The van der Waals surface area contributed by atoms with Crippen LogP contribution in [0.1, 0.15) is 50.5 Å². The van der Waals surface area contributed by atoms with Crippen molar-refractivity contribution < 1.29 is 19.0 Å². The molecule has 1 aliphatic carbocycles. The second-order valence-corrected chi connectivity index (χ2v) is 7.38. The summed E-state index contributed by atoms with van der Waals surface area (Å²) in [6.07, 6.45) is 7.26. The summed E-state index contributed by atoms with van der Waals surface area (Å²) in [5.74, 6) is -0.384. The second-order valence-electron chi connectivity index (χ2n) is 7.38. The number of likely N-dealkylation sites (tertiary alicyclic amines) is 1. The molecule has 2 heterocycles. The minimum absolute atomic E-state index is 0.0233. The van der Waals surface area contributed by atoms with Gasteiger partial charge in [0.25, 0.3) is 0 Å². The van der Waals surface area contributed by atoms with Gasteiger partial charge in [-0.2, -0.15) is 0 Å². The highest BCUT2D eigenvalue weighted by Crippen LogP contribution is 2.40. The molecule has 1 aromatic rings. The third-order valence-electron chi connectivity index (χ3n) is 5.66. The Balaban J connectivity index is 1.35. The molecule has 0 N–H and O–H groups in total. The van der Waals surface area contributed by atoms with Gasteiger partial charge in [-0.25, -0.2) is 4.79 Å². The van der Waals surface area contributed by atoms with E-state index in [1.54, 1.807) is 0 Å². The molecule has 3 aliphatic rings. The Kier molecular flexibility index (Phi) is 4.95. The number of hydrogen-bond donors (Lipinski definition) is 0. The Morgan fingerprint density at radius 3 is 2.76 bits per heavy atom. The van der Waals surface area contributed by atoms with E-state index < -0.39 is 0 Å². The number of amides is 1. The van der Waals surface area contributed by atoms with Crippen molar-refractivity contribution in [1.82, 2.24) is 4.90 Å². The lowest BCUT2D eigenvalue weighted by molar-refractivity contribution is -0.191. The van der Waals surface area contributed by atoms with Crippen molar-refractivity contribution in [1.29, 1.82) is 0 Å². The van der Waals surface area contributed by atoms with Gasteiger partial charge in [-0.3, -0.25) is 0 Å². The fourth-order valence-corrected chi connectivity index (χ4v) is 4.33. The second kappa shape index (κ2) is 7.34. The summed E-state index contributed by atoms with van der Waals surface area (Å²) in [6, 6.07) is 9.87. The largest absolute Gasteiger partial charge is 0.445 e.